The van der Waals surface area contributed by atoms with Crippen LogP contribution < -0.4 is 10.6 Å². The van der Waals surface area contributed by atoms with Gasteiger partial charge in [-0.25, -0.2) is 4.79 Å². The molecule has 3 N–H and O–H groups in total. The van der Waals surface area contributed by atoms with Gasteiger partial charge < -0.3 is 15.7 Å². The van der Waals surface area contributed by atoms with Crippen molar-refractivity contribution in [1.82, 2.24) is 4.98 Å². The maximum absolute atomic E-state index is 12.5. The summed E-state index contributed by atoms with van der Waals surface area (Å²) in [5.41, 5.74) is 3.43. The van der Waals surface area contributed by atoms with Crippen LogP contribution in [0.15, 0.2) is 58.6 Å². The normalized spacial score (nSPS) is 16.1. The van der Waals surface area contributed by atoms with Crippen molar-refractivity contribution in [3.05, 3.63) is 69.2 Å². The van der Waals surface area contributed by atoms with Gasteiger partial charge in [0.2, 0.25) is 0 Å². The fourth-order valence-corrected chi connectivity index (χ4v) is 4.87. The van der Waals surface area contributed by atoms with E-state index in [1.54, 1.807) is 18.2 Å². The number of rotatable bonds is 6. The van der Waals surface area contributed by atoms with Crippen molar-refractivity contribution in [2.45, 2.75) is 25.4 Å². The molecular formula is C26H21Cl2F3N4O3S. The van der Waals surface area contributed by atoms with Crippen LogP contribution in [0.5, 0.6) is 0 Å². The molecule has 2 aromatic carbocycles. The number of aliphatic imine (C=N–C) groups is 1. The molecular weight excluding hydrogens is 576 g/mol. The molecule has 1 aromatic heterocycles. The first-order valence-corrected chi connectivity index (χ1v) is 13.2. The summed E-state index contributed by atoms with van der Waals surface area (Å²) < 4.78 is 31.7. The van der Waals surface area contributed by atoms with Gasteiger partial charge in [0.1, 0.15) is 0 Å². The Morgan fingerprint density at radius 2 is 1.85 bits per heavy atom. The lowest BCUT2D eigenvalue weighted by Gasteiger charge is -2.10. The molecule has 13 heteroatoms. The topological polar surface area (TPSA) is 104 Å². The number of anilines is 2. The number of pyridine rings is 1. The number of hydrogen-bond donors (Lipinski definition) is 3. The Balaban J connectivity index is 0.000000448. The number of amides is 1. The highest BCUT2D eigenvalue weighted by molar-refractivity contribution is 8.18. The molecule has 2 aliphatic rings. The van der Waals surface area contributed by atoms with Gasteiger partial charge in [0, 0.05) is 23.8 Å². The van der Waals surface area contributed by atoms with Gasteiger partial charge in [-0.05, 0) is 66.1 Å². The number of hydrogen-bond acceptors (Lipinski definition) is 6. The van der Waals surface area contributed by atoms with E-state index < -0.39 is 12.1 Å². The number of carboxylic acid groups (broad SMARTS) is 1. The number of halogens is 5. The predicted molar refractivity (Wildman–Crippen MR) is 149 cm³/mol. The van der Waals surface area contributed by atoms with Gasteiger partial charge in [-0.3, -0.25) is 9.78 Å². The lowest BCUT2D eigenvalue weighted by molar-refractivity contribution is -0.192. The first kappa shape index (κ1) is 28.7. The molecule has 1 fully saturated rings. The Kier molecular flexibility index (Phi) is 9.04. The summed E-state index contributed by atoms with van der Waals surface area (Å²) in [5, 5.41) is 16.2. The monoisotopic (exact) mass is 596 g/mol. The third-order valence-electron chi connectivity index (χ3n) is 5.69. The molecule has 2 heterocycles. The van der Waals surface area contributed by atoms with E-state index >= 15 is 0 Å². The number of nitrogens with one attached hydrogen (secondary N) is 2. The maximum Gasteiger partial charge on any atom is 0.490 e. The van der Waals surface area contributed by atoms with Gasteiger partial charge in [0.05, 0.1) is 26.2 Å². The molecule has 0 bridgehead atoms. The van der Waals surface area contributed by atoms with Crippen LogP contribution in [0.4, 0.5) is 24.5 Å². The first-order chi connectivity index (χ1) is 18.5. The van der Waals surface area contributed by atoms with Crippen LogP contribution in [-0.4, -0.2) is 39.9 Å². The summed E-state index contributed by atoms with van der Waals surface area (Å²) in [4.78, 5) is 30.5. The lowest BCUT2D eigenvalue weighted by atomic mass is 10.1. The molecule has 39 heavy (non-hydrogen) atoms. The number of thioether (sulfide) groups is 1. The van der Waals surface area contributed by atoms with Gasteiger partial charge in [0.25, 0.3) is 5.91 Å². The largest absolute Gasteiger partial charge is 0.490 e. The first-order valence-electron chi connectivity index (χ1n) is 11.7. The molecule has 0 radical (unpaired) electrons. The van der Waals surface area contributed by atoms with E-state index in [1.807, 2.05) is 30.5 Å². The number of aromatic nitrogens is 1. The molecule has 0 saturated heterocycles. The highest BCUT2D eigenvalue weighted by Gasteiger charge is 2.38. The van der Waals surface area contributed by atoms with Crippen LogP contribution in [0.3, 0.4) is 0 Å². The molecule has 0 spiro atoms. The number of fused-ring (bicyclic) bond motifs is 1. The number of nitrogens with zero attached hydrogens (tertiary/aromatic N) is 2. The van der Waals surface area contributed by atoms with Crippen molar-refractivity contribution >= 4 is 80.4 Å². The van der Waals surface area contributed by atoms with Gasteiger partial charge in [-0.1, -0.05) is 48.2 Å². The van der Waals surface area contributed by atoms with Crippen molar-refractivity contribution in [1.29, 1.82) is 0 Å². The summed E-state index contributed by atoms with van der Waals surface area (Å²) in [6.45, 7) is 0.955. The second kappa shape index (κ2) is 12.3. The Morgan fingerprint density at radius 1 is 1.15 bits per heavy atom. The standard InChI is InChI=1S/C24H20Cl2N4OS.C2HF3O2/c25-17-2-1-3-18(26)22(17)29-24-30-23(31)21(32-24)13-15-6-7-19-16(12-15)20(9-11-28-19)27-10-8-14-4-5-14;3-2(4,5)1(6)7/h1-3,6-7,9,11-14H,4-5,8,10H2,(H,27,28)(H,29,30,31);(H,6,7). The molecule has 3 aromatic rings. The van der Waals surface area contributed by atoms with Crippen LogP contribution >= 0.6 is 35.0 Å². The zero-order chi connectivity index (χ0) is 28.2. The summed E-state index contributed by atoms with van der Waals surface area (Å²) >= 11 is 13.7. The number of alkyl halides is 3. The third kappa shape index (κ3) is 7.87. The summed E-state index contributed by atoms with van der Waals surface area (Å²) in [7, 11) is 0. The minimum atomic E-state index is -5.08. The summed E-state index contributed by atoms with van der Waals surface area (Å²) in [5.74, 6) is -2.17. The number of para-hydroxylation sites is 1. The number of aliphatic carboxylic acids is 1. The minimum Gasteiger partial charge on any atom is -0.475 e. The Bertz CT molecular complexity index is 1460. The molecule has 5 rings (SSSR count). The number of carbonyl (C=O) groups excluding carboxylic acids is 1. The van der Waals surface area contributed by atoms with E-state index in [9.17, 15) is 18.0 Å². The van der Waals surface area contributed by atoms with Gasteiger partial charge in [-0.2, -0.15) is 18.2 Å². The SMILES string of the molecule is O=C(O)C(F)(F)F.O=C1N=C(Nc2c(Cl)cccc2Cl)SC1=Cc1ccc2nccc(NCCC3CC3)c2c1. The Morgan fingerprint density at radius 3 is 2.49 bits per heavy atom. The van der Waals surface area contributed by atoms with Gasteiger partial charge in [0.15, 0.2) is 5.17 Å². The van der Waals surface area contributed by atoms with Crippen LogP contribution in [0.1, 0.15) is 24.8 Å². The van der Waals surface area contributed by atoms with Crippen molar-refractivity contribution in [2.24, 2.45) is 10.9 Å². The number of benzene rings is 2. The van der Waals surface area contributed by atoms with Gasteiger partial charge in [-0.15, -0.1) is 0 Å². The Hall–Kier alpha value is -3.28. The van der Waals surface area contributed by atoms with Gasteiger partial charge >= 0.3 is 12.1 Å². The molecule has 1 aliphatic heterocycles. The maximum atomic E-state index is 12.5. The number of carboxylic acids is 1. The van der Waals surface area contributed by atoms with Crippen molar-refractivity contribution in [3.63, 3.8) is 0 Å². The quantitative estimate of drug-likeness (QED) is 0.253. The predicted octanol–water partition coefficient (Wildman–Crippen LogP) is 7.47. The molecule has 1 aliphatic carbocycles. The highest BCUT2D eigenvalue weighted by Crippen LogP contribution is 2.35. The summed E-state index contributed by atoms with van der Waals surface area (Å²) in [6, 6.07) is 13.2. The van der Waals surface area contributed by atoms with E-state index in [4.69, 9.17) is 33.1 Å². The fraction of sp³-hybridized carbons (Fsp3) is 0.231. The van der Waals surface area contributed by atoms with Crippen LogP contribution in [0, 0.1) is 5.92 Å². The zero-order valence-corrected chi connectivity index (χ0v) is 22.4. The zero-order valence-electron chi connectivity index (χ0n) is 20.1. The van der Waals surface area contributed by atoms with Crippen LogP contribution in [-0.2, 0) is 9.59 Å². The number of amidine groups is 1. The van der Waals surface area contributed by atoms with E-state index in [0.29, 0.717) is 25.8 Å². The second-order valence-electron chi connectivity index (χ2n) is 8.65. The van der Waals surface area contributed by atoms with Crippen molar-refractivity contribution in [3.8, 4) is 0 Å². The molecule has 0 unspecified atom stereocenters. The number of carbonyl (C=O) groups is 2. The Labute approximate surface area is 235 Å². The smallest absolute Gasteiger partial charge is 0.475 e. The van der Waals surface area contributed by atoms with E-state index in [-0.39, 0.29) is 5.91 Å². The molecule has 1 saturated carbocycles. The van der Waals surface area contributed by atoms with Crippen molar-refractivity contribution < 1.29 is 27.9 Å². The third-order valence-corrected chi connectivity index (χ3v) is 7.22. The average Bonchev–Trinajstić information content (AvgIpc) is 3.64. The van der Waals surface area contributed by atoms with E-state index in [1.165, 1.54) is 31.0 Å². The highest BCUT2D eigenvalue weighted by atomic mass is 35.5. The van der Waals surface area contributed by atoms with Crippen LogP contribution in [0.2, 0.25) is 10.0 Å². The lowest BCUT2D eigenvalue weighted by Crippen LogP contribution is -2.21. The minimum absolute atomic E-state index is 0.297. The molecule has 7 nitrogen and oxygen atoms in total. The molecule has 204 valence electrons. The van der Waals surface area contributed by atoms with Crippen LogP contribution in [0.25, 0.3) is 17.0 Å². The van der Waals surface area contributed by atoms with E-state index in [2.05, 4.69) is 26.7 Å². The molecule has 0 atom stereocenters. The van der Waals surface area contributed by atoms with E-state index in [0.717, 1.165) is 34.6 Å². The fourth-order valence-electron chi connectivity index (χ4n) is 3.56. The van der Waals surface area contributed by atoms with Crippen molar-refractivity contribution in [2.75, 3.05) is 17.2 Å². The molecule has 1 amide bonds. The second-order valence-corrected chi connectivity index (χ2v) is 10.5. The average molecular weight is 597 g/mol. The summed E-state index contributed by atoms with van der Waals surface area (Å²) in [6.07, 6.45) is 2.48.